The van der Waals surface area contributed by atoms with Crippen LogP contribution in [-0.2, 0) is 0 Å². The maximum Gasteiger partial charge on any atom is 0.259 e. The van der Waals surface area contributed by atoms with Gasteiger partial charge in [0.2, 0.25) is 5.88 Å². The molecule has 1 saturated heterocycles. The van der Waals surface area contributed by atoms with E-state index in [-0.39, 0.29) is 5.91 Å². The third kappa shape index (κ3) is 2.79. The molecule has 0 aromatic carbocycles. The lowest BCUT2D eigenvalue weighted by Gasteiger charge is -2.18. The second-order valence-electron chi connectivity index (χ2n) is 6.31. The summed E-state index contributed by atoms with van der Waals surface area (Å²) in [5, 5.41) is 0. The van der Waals surface area contributed by atoms with Gasteiger partial charge in [-0.15, -0.1) is 0 Å². The van der Waals surface area contributed by atoms with Gasteiger partial charge in [0.05, 0.1) is 6.20 Å². The highest BCUT2D eigenvalue weighted by Gasteiger charge is 2.38. The number of hydrogen-bond acceptors (Lipinski definition) is 4. The quantitative estimate of drug-likeness (QED) is 0.874. The smallest absolute Gasteiger partial charge is 0.259 e. The highest BCUT2D eigenvalue weighted by atomic mass is 16.5. The number of rotatable bonds is 3. The summed E-state index contributed by atoms with van der Waals surface area (Å²) in [4.78, 5) is 23.1. The molecule has 1 amide bonds. The summed E-state index contributed by atoms with van der Waals surface area (Å²) in [5.74, 6) is 2.31. The number of pyridine rings is 2. The number of nitrogens with zero attached hydrogens (tertiary/aromatic N) is 3. The van der Waals surface area contributed by atoms with E-state index in [2.05, 4.69) is 9.97 Å². The van der Waals surface area contributed by atoms with E-state index < -0.39 is 0 Å². The lowest BCUT2D eigenvalue weighted by atomic mass is 10.0. The maximum absolute atomic E-state index is 12.9. The highest BCUT2D eigenvalue weighted by Crippen LogP contribution is 2.38. The van der Waals surface area contributed by atoms with E-state index in [1.54, 1.807) is 42.9 Å². The molecule has 0 radical (unpaired) electrons. The van der Waals surface area contributed by atoms with Gasteiger partial charge in [0.25, 0.3) is 5.91 Å². The molecular formula is C18H19N3O2. The van der Waals surface area contributed by atoms with Crippen molar-refractivity contribution >= 4 is 5.91 Å². The van der Waals surface area contributed by atoms with E-state index in [9.17, 15) is 4.79 Å². The molecule has 118 valence electrons. The number of aromatic nitrogens is 2. The van der Waals surface area contributed by atoms with Crippen LogP contribution < -0.4 is 4.74 Å². The molecule has 2 unspecified atom stereocenters. The topological polar surface area (TPSA) is 55.3 Å². The molecule has 5 heteroatoms. The fraction of sp³-hybridized carbons (Fsp3) is 0.389. The van der Waals surface area contributed by atoms with Crippen molar-refractivity contribution in [1.82, 2.24) is 14.9 Å². The first kappa shape index (κ1) is 14.2. The van der Waals surface area contributed by atoms with Crippen LogP contribution in [0, 0.1) is 11.8 Å². The summed E-state index contributed by atoms with van der Waals surface area (Å²) in [5.41, 5.74) is 0.524. The van der Waals surface area contributed by atoms with Crippen LogP contribution in [0.4, 0.5) is 0 Å². The Morgan fingerprint density at radius 1 is 1.13 bits per heavy atom. The third-order valence-electron chi connectivity index (χ3n) is 4.86. The maximum atomic E-state index is 12.9. The van der Waals surface area contributed by atoms with Crippen LogP contribution in [0.2, 0.25) is 0 Å². The zero-order chi connectivity index (χ0) is 15.6. The normalized spacial score (nSPS) is 22.9. The molecule has 1 aliphatic carbocycles. The lowest BCUT2D eigenvalue weighted by molar-refractivity contribution is 0.0777. The summed E-state index contributed by atoms with van der Waals surface area (Å²) in [6.45, 7) is 1.73. The van der Waals surface area contributed by atoms with Gasteiger partial charge in [-0.25, -0.2) is 4.98 Å². The molecule has 2 aromatic rings. The minimum absolute atomic E-state index is 0.0198. The summed E-state index contributed by atoms with van der Waals surface area (Å²) in [6.07, 6.45) is 8.74. The van der Waals surface area contributed by atoms with Crippen LogP contribution in [0.15, 0.2) is 42.9 Å². The van der Waals surface area contributed by atoms with E-state index in [1.807, 2.05) is 4.90 Å². The summed E-state index contributed by atoms with van der Waals surface area (Å²) in [6, 6.07) is 7.16. The van der Waals surface area contributed by atoms with Gasteiger partial charge >= 0.3 is 0 Å². The van der Waals surface area contributed by atoms with E-state index in [0.29, 0.717) is 29.0 Å². The van der Waals surface area contributed by atoms with Crippen molar-refractivity contribution in [3.63, 3.8) is 0 Å². The van der Waals surface area contributed by atoms with Gasteiger partial charge in [-0.1, -0.05) is 6.42 Å². The SMILES string of the molecule is O=C(c1cccnc1Oc1cccnc1)N1CC2CCCC2C1. The zero-order valence-electron chi connectivity index (χ0n) is 12.9. The molecule has 23 heavy (non-hydrogen) atoms. The monoisotopic (exact) mass is 309 g/mol. The summed E-state index contributed by atoms with van der Waals surface area (Å²) < 4.78 is 5.76. The Morgan fingerprint density at radius 2 is 1.91 bits per heavy atom. The molecule has 1 aliphatic heterocycles. The molecule has 0 bridgehead atoms. The van der Waals surface area contributed by atoms with Gasteiger partial charge in [0.1, 0.15) is 11.3 Å². The Hall–Kier alpha value is -2.43. The van der Waals surface area contributed by atoms with Crippen LogP contribution in [0.5, 0.6) is 11.6 Å². The number of ether oxygens (including phenoxy) is 1. The number of fused-ring (bicyclic) bond motifs is 1. The average Bonchev–Trinajstić information content (AvgIpc) is 3.17. The second-order valence-corrected chi connectivity index (χ2v) is 6.31. The van der Waals surface area contributed by atoms with Gasteiger partial charge in [0, 0.05) is 25.5 Å². The Labute approximate surface area is 135 Å². The molecule has 0 N–H and O–H groups in total. The van der Waals surface area contributed by atoms with Crippen LogP contribution in [0.25, 0.3) is 0 Å². The van der Waals surface area contributed by atoms with Crippen LogP contribution in [0.3, 0.4) is 0 Å². The number of carbonyl (C=O) groups excluding carboxylic acids is 1. The van der Waals surface area contributed by atoms with Crippen molar-refractivity contribution in [2.45, 2.75) is 19.3 Å². The van der Waals surface area contributed by atoms with Crippen molar-refractivity contribution in [2.75, 3.05) is 13.1 Å². The zero-order valence-corrected chi connectivity index (χ0v) is 12.9. The first-order valence-corrected chi connectivity index (χ1v) is 8.13. The standard InChI is InChI=1S/C18H19N3O2/c22-18(21-11-13-4-1-5-14(13)12-21)16-7-3-9-20-17(16)23-15-6-2-8-19-10-15/h2-3,6-10,13-14H,1,4-5,11-12H2. The Bertz CT molecular complexity index is 692. The van der Waals surface area contributed by atoms with Crippen LogP contribution >= 0.6 is 0 Å². The third-order valence-corrected chi connectivity index (χ3v) is 4.86. The Kier molecular flexibility index (Phi) is 3.69. The van der Waals surface area contributed by atoms with Crippen molar-refractivity contribution in [3.8, 4) is 11.6 Å². The summed E-state index contributed by atoms with van der Waals surface area (Å²) >= 11 is 0. The molecule has 2 aromatic heterocycles. The number of amides is 1. The molecule has 2 aliphatic rings. The van der Waals surface area contributed by atoms with Gasteiger partial charge in [0.15, 0.2) is 0 Å². The van der Waals surface area contributed by atoms with E-state index in [4.69, 9.17) is 4.74 Å². The summed E-state index contributed by atoms with van der Waals surface area (Å²) in [7, 11) is 0. The van der Waals surface area contributed by atoms with E-state index in [1.165, 1.54) is 19.3 Å². The van der Waals surface area contributed by atoms with Crippen LogP contribution in [-0.4, -0.2) is 33.9 Å². The second kappa shape index (κ2) is 5.99. The fourth-order valence-electron chi connectivity index (χ4n) is 3.73. The molecule has 1 saturated carbocycles. The average molecular weight is 309 g/mol. The molecule has 5 nitrogen and oxygen atoms in total. The molecule has 4 rings (SSSR count). The van der Waals surface area contributed by atoms with Gasteiger partial charge < -0.3 is 9.64 Å². The number of likely N-dealkylation sites (tertiary alicyclic amines) is 1. The van der Waals surface area contributed by atoms with Crippen molar-refractivity contribution in [1.29, 1.82) is 0 Å². The van der Waals surface area contributed by atoms with Crippen molar-refractivity contribution < 1.29 is 9.53 Å². The van der Waals surface area contributed by atoms with Crippen molar-refractivity contribution in [2.24, 2.45) is 11.8 Å². The van der Waals surface area contributed by atoms with Gasteiger partial charge in [-0.05, 0) is 48.9 Å². The molecule has 0 spiro atoms. The highest BCUT2D eigenvalue weighted by molar-refractivity contribution is 5.96. The predicted molar refractivity (Wildman–Crippen MR) is 85.3 cm³/mol. The number of carbonyl (C=O) groups is 1. The molecule has 3 heterocycles. The van der Waals surface area contributed by atoms with E-state index in [0.717, 1.165) is 13.1 Å². The predicted octanol–water partition coefficient (Wildman–Crippen LogP) is 3.14. The fourth-order valence-corrected chi connectivity index (χ4v) is 3.73. The molecule has 2 atom stereocenters. The van der Waals surface area contributed by atoms with Gasteiger partial charge in [-0.2, -0.15) is 0 Å². The van der Waals surface area contributed by atoms with Gasteiger partial charge in [-0.3, -0.25) is 9.78 Å². The first-order chi connectivity index (χ1) is 11.3. The first-order valence-electron chi connectivity index (χ1n) is 8.13. The van der Waals surface area contributed by atoms with E-state index >= 15 is 0 Å². The van der Waals surface area contributed by atoms with Crippen LogP contribution in [0.1, 0.15) is 29.6 Å². The Balaban J connectivity index is 1.55. The molecule has 2 fully saturated rings. The lowest BCUT2D eigenvalue weighted by Crippen LogP contribution is -2.29. The van der Waals surface area contributed by atoms with Crippen molar-refractivity contribution in [3.05, 3.63) is 48.4 Å². The minimum atomic E-state index is 0.0198. The Morgan fingerprint density at radius 3 is 2.65 bits per heavy atom. The minimum Gasteiger partial charge on any atom is -0.437 e. The largest absolute Gasteiger partial charge is 0.437 e. The number of hydrogen-bond donors (Lipinski definition) is 0. The molecular weight excluding hydrogens is 290 g/mol.